The van der Waals surface area contributed by atoms with E-state index in [0.717, 1.165) is 4.88 Å². The number of thiophene rings is 1. The molecule has 0 aliphatic heterocycles. The number of ether oxygens (including phenoxy) is 1. The first-order valence-electron chi connectivity index (χ1n) is 6.81. The number of aryl methyl sites for hydroxylation is 1. The smallest absolute Gasteiger partial charge is 0.252 e. The maximum Gasteiger partial charge on any atom is 0.252 e. The lowest BCUT2D eigenvalue weighted by molar-refractivity contribution is 0.296. The van der Waals surface area contributed by atoms with Gasteiger partial charge in [0.25, 0.3) is 10.0 Å². The second-order valence-electron chi connectivity index (χ2n) is 4.85. The molecule has 0 saturated heterocycles. The summed E-state index contributed by atoms with van der Waals surface area (Å²) >= 11 is 1.26. The van der Waals surface area contributed by atoms with E-state index in [1.165, 1.54) is 27.8 Å². The van der Waals surface area contributed by atoms with Crippen LogP contribution in [0.25, 0.3) is 0 Å². The molecule has 1 aromatic heterocycles. The third-order valence-electron chi connectivity index (χ3n) is 3.08. The van der Waals surface area contributed by atoms with Crippen LogP contribution >= 0.6 is 11.3 Å². The van der Waals surface area contributed by atoms with Crippen molar-refractivity contribution in [3.05, 3.63) is 47.1 Å². The van der Waals surface area contributed by atoms with Crippen LogP contribution in [0, 0.1) is 12.7 Å². The minimum atomic E-state index is -3.42. The normalized spacial score (nSPS) is 11.8. The number of benzene rings is 1. The average Bonchev–Trinajstić information content (AvgIpc) is 2.92. The first-order chi connectivity index (χ1) is 10.4. The molecule has 1 aromatic carbocycles. The van der Waals surface area contributed by atoms with Gasteiger partial charge in [0.1, 0.15) is 15.8 Å². The van der Waals surface area contributed by atoms with Gasteiger partial charge in [-0.3, -0.25) is 0 Å². The molecule has 7 heteroatoms. The summed E-state index contributed by atoms with van der Waals surface area (Å²) in [5, 5.41) is 0. The summed E-state index contributed by atoms with van der Waals surface area (Å²) < 4.78 is 44.5. The van der Waals surface area contributed by atoms with E-state index in [2.05, 4.69) is 0 Å². The van der Waals surface area contributed by atoms with Crippen molar-refractivity contribution >= 4 is 21.4 Å². The van der Waals surface area contributed by atoms with Crippen LogP contribution in [0.15, 0.2) is 40.6 Å². The standard InChI is InChI=1S/C15H18FNO3S2/c1-12-4-9-15(21-12)22(18,19)17(2)10-3-11-20-14-7-5-13(16)6-8-14/h4-9H,3,10-11H2,1-2H3. The molecule has 0 N–H and O–H groups in total. The van der Waals surface area contributed by atoms with Gasteiger partial charge >= 0.3 is 0 Å². The first-order valence-corrected chi connectivity index (χ1v) is 9.06. The van der Waals surface area contributed by atoms with Crippen molar-refractivity contribution in [2.75, 3.05) is 20.2 Å². The summed E-state index contributed by atoms with van der Waals surface area (Å²) in [6.45, 7) is 2.61. The minimum absolute atomic E-state index is 0.315. The topological polar surface area (TPSA) is 46.6 Å². The Balaban J connectivity index is 1.82. The number of halogens is 1. The molecule has 0 aliphatic rings. The highest BCUT2D eigenvalue weighted by atomic mass is 32.2. The van der Waals surface area contributed by atoms with E-state index in [1.54, 1.807) is 31.3 Å². The van der Waals surface area contributed by atoms with Crippen molar-refractivity contribution in [1.82, 2.24) is 4.31 Å². The highest BCUT2D eigenvalue weighted by Gasteiger charge is 2.21. The van der Waals surface area contributed by atoms with Crippen molar-refractivity contribution in [3.8, 4) is 5.75 Å². The van der Waals surface area contributed by atoms with E-state index < -0.39 is 10.0 Å². The summed E-state index contributed by atoms with van der Waals surface area (Å²) in [6.07, 6.45) is 0.553. The Bertz CT molecular complexity index is 711. The van der Waals surface area contributed by atoms with Crippen molar-refractivity contribution < 1.29 is 17.5 Å². The van der Waals surface area contributed by atoms with Crippen LogP contribution in [0.1, 0.15) is 11.3 Å². The summed E-state index contributed by atoms with van der Waals surface area (Å²) in [5.41, 5.74) is 0. The number of nitrogens with zero attached hydrogens (tertiary/aromatic N) is 1. The predicted octanol–water partition coefficient (Wildman–Crippen LogP) is 3.29. The Labute approximate surface area is 134 Å². The van der Waals surface area contributed by atoms with Crippen LogP contribution in [0.3, 0.4) is 0 Å². The Kier molecular flexibility index (Phi) is 5.55. The third-order valence-corrected chi connectivity index (χ3v) is 6.40. The van der Waals surface area contributed by atoms with Crippen LogP contribution in [-0.2, 0) is 10.0 Å². The predicted molar refractivity (Wildman–Crippen MR) is 85.4 cm³/mol. The molecular weight excluding hydrogens is 325 g/mol. The zero-order valence-electron chi connectivity index (χ0n) is 12.5. The summed E-state index contributed by atoms with van der Waals surface area (Å²) in [4.78, 5) is 0.964. The van der Waals surface area contributed by atoms with E-state index in [4.69, 9.17) is 4.74 Å². The van der Waals surface area contributed by atoms with Gasteiger partial charge < -0.3 is 4.74 Å². The number of rotatable bonds is 7. The third kappa shape index (κ3) is 4.28. The SMILES string of the molecule is Cc1ccc(S(=O)(=O)N(C)CCCOc2ccc(F)cc2)s1. The first kappa shape index (κ1) is 16.9. The molecule has 0 fully saturated rings. The lowest BCUT2D eigenvalue weighted by Crippen LogP contribution is -2.28. The van der Waals surface area contributed by atoms with Crippen molar-refractivity contribution in [2.45, 2.75) is 17.6 Å². The average molecular weight is 343 g/mol. The fourth-order valence-electron chi connectivity index (χ4n) is 1.83. The second kappa shape index (κ2) is 7.21. The Morgan fingerprint density at radius 3 is 2.45 bits per heavy atom. The quantitative estimate of drug-likeness (QED) is 0.725. The lowest BCUT2D eigenvalue weighted by atomic mass is 10.3. The Hall–Kier alpha value is -1.44. The van der Waals surface area contributed by atoms with Crippen LogP contribution in [0.5, 0.6) is 5.75 Å². The molecule has 22 heavy (non-hydrogen) atoms. The lowest BCUT2D eigenvalue weighted by Gasteiger charge is -2.16. The van der Waals surface area contributed by atoms with Gasteiger partial charge in [0.05, 0.1) is 6.61 Å². The fraction of sp³-hybridized carbons (Fsp3) is 0.333. The van der Waals surface area contributed by atoms with Gasteiger partial charge in [-0.2, -0.15) is 0 Å². The largest absolute Gasteiger partial charge is 0.494 e. The molecule has 4 nitrogen and oxygen atoms in total. The summed E-state index contributed by atoms with van der Waals surface area (Å²) in [6, 6.07) is 9.16. The molecule has 1 heterocycles. The van der Waals surface area contributed by atoms with Gasteiger partial charge in [0, 0.05) is 18.5 Å². The van der Waals surface area contributed by atoms with E-state index in [1.807, 2.05) is 6.92 Å². The zero-order chi connectivity index (χ0) is 16.2. The monoisotopic (exact) mass is 343 g/mol. The number of hydrogen-bond acceptors (Lipinski definition) is 4. The molecule has 0 radical (unpaired) electrons. The van der Waals surface area contributed by atoms with Gasteiger partial charge in [-0.1, -0.05) is 0 Å². The van der Waals surface area contributed by atoms with Gasteiger partial charge in [0.15, 0.2) is 0 Å². The minimum Gasteiger partial charge on any atom is -0.494 e. The molecule has 2 aromatic rings. The van der Waals surface area contributed by atoms with Gasteiger partial charge in [0.2, 0.25) is 0 Å². The summed E-state index contributed by atoms with van der Waals surface area (Å²) in [5.74, 6) is 0.255. The van der Waals surface area contributed by atoms with E-state index in [0.29, 0.717) is 29.5 Å². The molecule has 2 rings (SSSR count). The van der Waals surface area contributed by atoms with E-state index in [9.17, 15) is 12.8 Å². The molecule has 120 valence electrons. The Morgan fingerprint density at radius 2 is 1.86 bits per heavy atom. The molecule has 0 atom stereocenters. The Morgan fingerprint density at radius 1 is 1.18 bits per heavy atom. The molecule has 0 unspecified atom stereocenters. The van der Waals surface area contributed by atoms with Crippen molar-refractivity contribution in [2.24, 2.45) is 0 Å². The van der Waals surface area contributed by atoms with Gasteiger partial charge in [-0.25, -0.2) is 17.1 Å². The van der Waals surface area contributed by atoms with Crippen LogP contribution < -0.4 is 4.74 Å². The van der Waals surface area contributed by atoms with Gasteiger partial charge in [-0.05, 0) is 49.7 Å². The maximum atomic E-state index is 12.7. The fourth-order valence-corrected chi connectivity index (χ4v) is 4.54. The second-order valence-corrected chi connectivity index (χ2v) is 8.41. The highest BCUT2D eigenvalue weighted by molar-refractivity contribution is 7.91. The van der Waals surface area contributed by atoms with E-state index >= 15 is 0 Å². The van der Waals surface area contributed by atoms with Crippen LogP contribution in [0.2, 0.25) is 0 Å². The zero-order valence-corrected chi connectivity index (χ0v) is 14.1. The van der Waals surface area contributed by atoms with Gasteiger partial charge in [-0.15, -0.1) is 11.3 Å². The number of sulfonamides is 1. The molecule has 0 aliphatic carbocycles. The van der Waals surface area contributed by atoms with Crippen LogP contribution in [-0.4, -0.2) is 32.9 Å². The van der Waals surface area contributed by atoms with Crippen molar-refractivity contribution in [3.63, 3.8) is 0 Å². The van der Waals surface area contributed by atoms with Crippen LogP contribution in [0.4, 0.5) is 4.39 Å². The highest BCUT2D eigenvalue weighted by Crippen LogP contribution is 2.23. The molecule has 0 saturated carbocycles. The van der Waals surface area contributed by atoms with Crippen molar-refractivity contribution in [1.29, 1.82) is 0 Å². The maximum absolute atomic E-state index is 12.7. The molecular formula is C15H18FNO3S2. The molecule has 0 bridgehead atoms. The number of hydrogen-bond donors (Lipinski definition) is 0. The van der Waals surface area contributed by atoms with E-state index in [-0.39, 0.29) is 5.82 Å². The summed E-state index contributed by atoms with van der Waals surface area (Å²) in [7, 11) is -1.86. The molecule has 0 spiro atoms. The molecule has 0 amide bonds.